The highest BCUT2D eigenvalue weighted by atomic mass is 35.5. The fourth-order valence-electron chi connectivity index (χ4n) is 4.06. The van der Waals surface area contributed by atoms with Crippen LogP contribution in [0.2, 0.25) is 5.02 Å². The second-order valence-electron chi connectivity index (χ2n) is 8.35. The average Bonchev–Trinajstić information content (AvgIpc) is 3.01. The number of esters is 1. The molecule has 0 saturated carbocycles. The average molecular weight is 463 g/mol. The molecule has 172 valence electrons. The van der Waals surface area contributed by atoms with Gasteiger partial charge in [0.05, 0.1) is 24.0 Å². The van der Waals surface area contributed by atoms with E-state index in [0.29, 0.717) is 29.3 Å². The number of anilines is 1. The predicted octanol–water partition coefficient (Wildman–Crippen LogP) is 3.20. The Hall–Kier alpha value is -2.87. The van der Waals surface area contributed by atoms with Crippen LogP contribution in [-0.2, 0) is 23.9 Å². The van der Waals surface area contributed by atoms with Crippen LogP contribution in [0.5, 0.6) is 5.75 Å². The first-order valence-electron chi connectivity index (χ1n) is 10.5. The van der Waals surface area contributed by atoms with Crippen molar-refractivity contribution < 1.29 is 28.7 Å². The molecule has 8 nitrogen and oxygen atoms in total. The molecule has 9 heteroatoms. The first-order valence-corrected chi connectivity index (χ1v) is 10.9. The molecule has 3 amide bonds. The normalized spacial score (nSPS) is 20.8. The summed E-state index contributed by atoms with van der Waals surface area (Å²) in [5, 5.41) is 2.91. The number of hydrogen-bond acceptors (Lipinski definition) is 6. The molecule has 3 atom stereocenters. The SMILES string of the molecule is COc1ccc(NC(=O)COC(=O)[C@H](CC(C)C)N2C(=O)[C@@H]3CC=CC[C@H]3C2=O)cc1Cl. The molecule has 3 rings (SSSR count). The van der Waals surface area contributed by atoms with Crippen LogP contribution in [0.15, 0.2) is 30.4 Å². The topological polar surface area (TPSA) is 102 Å². The summed E-state index contributed by atoms with van der Waals surface area (Å²) in [4.78, 5) is 52.0. The minimum absolute atomic E-state index is 0.0316. The van der Waals surface area contributed by atoms with Gasteiger partial charge in [0.2, 0.25) is 11.8 Å². The van der Waals surface area contributed by atoms with Gasteiger partial charge in [-0.2, -0.15) is 0 Å². The first-order chi connectivity index (χ1) is 15.2. The standard InChI is InChI=1S/C23H27ClN2O6/c1-13(2)10-18(26-21(28)15-6-4-5-7-16(15)22(26)29)23(30)32-12-20(27)25-14-8-9-19(31-3)17(24)11-14/h4-5,8-9,11,13,15-16,18H,6-7,10,12H2,1-3H3,(H,25,27)/t15-,16-,18+/m1/s1. The summed E-state index contributed by atoms with van der Waals surface area (Å²) in [6.07, 6.45) is 5.02. The lowest BCUT2D eigenvalue weighted by atomic mass is 9.85. The largest absolute Gasteiger partial charge is 0.495 e. The van der Waals surface area contributed by atoms with E-state index in [0.717, 1.165) is 4.90 Å². The summed E-state index contributed by atoms with van der Waals surface area (Å²) in [6, 6.07) is 3.66. The lowest BCUT2D eigenvalue weighted by Gasteiger charge is -2.26. The molecule has 1 aliphatic carbocycles. The van der Waals surface area contributed by atoms with Crippen LogP contribution in [0, 0.1) is 17.8 Å². The van der Waals surface area contributed by atoms with E-state index in [-0.39, 0.29) is 24.2 Å². The van der Waals surface area contributed by atoms with E-state index in [4.69, 9.17) is 21.1 Å². The number of rotatable bonds is 8. The summed E-state index contributed by atoms with van der Waals surface area (Å²) >= 11 is 6.05. The third-order valence-electron chi connectivity index (χ3n) is 5.60. The quantitative estimate of drug-likeness (QED) is 0.361. The Kier molecular flexibility index (Phi) is 7.56. The second-order valence-corrected chi connectivity index (χ2v) is 8.76. The van der Waals surface area contributed by atoms with Crippen molar-refractivity contribution in [3.63, 3.8) is 0 Å². The number of imide groups is 1. The van der Waals surface area contributed by atoms with E-state index in [9.17, 15) is 19.2 Å². The highest BCUT2D eigenvalue weighted by Gasteiger charge is 2.51. The van der Waals surface area contributed by atoms with E-state index in [1.807, 2.05) is 26.0 Å². The van der Waals surface area contributed by atoms with Crippen molar-refractivity contribution in [2.75, 3.05) is 19.0 Å². The van der Waals surface area contributed by atoms with Gasteiger partial charge >= 0.3 is 5.97 Å². The zero-order valence-corrected chi connectivity index (χ0v) is 19.1. The Bertz CT molecular complexity index is 918. The van der Waals surface area contributed by atoms with Crippen LogP contribution < -0.4 is 10.1 Å². The Morgan fingerprint density at radius 2 is 1.78 bits per heavy atom. The van der Waals surface area contributed by atoms with Gasteiger partial charge in [-0.1, -0.05) is 37.6 Å². The van der Waals surface area contributed by atoms with Crippen molar-refractivity contribution in [3.05, 3.63) is 35.4 Å². The lowest BCUT2D eigenvalue weighted by Crippen LogP contribution is -2.47. The van der Waals surface area contributed by atoms with Gasteiger partial charge in [-0.25, -0.2) is 4.79 Å². The van der Waals surface area contributed by atoms with Gasteiger partial charge in [-0.15, -0.1) is 0 Å². The second kappa shape index (κ2) is 10.2. The third-order valence-corrected chi connectivity index (χ3v) is 5.90. The summed E-state index contributed by atoms with van der Waals surface area (Å²) in [5.41, 5.74) is 0.414. The Balaban J connectivity index is 1.65. The maximum atomic E-state index is 12.9. The number of nitrogens with one attached hydrogen (secondary N) is 1. The molecule has 2 aliphatic rings. The number of allylic oxidation sites excluding steroid dienone is 2. The highest BCUT2D eigenvalue weighted by molar-refractivity contribution is 6.32. The molecule has 0 radical (unpaired) electrons. The predicted molar refractivity (Wildman–Crippen MR) is 118 cm³/mol. The number of likely N-dealkylation sites (tertiary alicyclic amines) is 1. The number of hydrogen-bond donors (Lipinski definition) is 1. The molecule has 1 fully saturated rings. The van der Waals surface area contributed by atoms with Crippen molar-refractivity contribution >= 4 is 41.0 Å². The number of fused-ring (bicyclic) bond motifs is 1. The molecule has 0 unspecified atom stereocenters. The van der Waals surface area contributed by atoms with Crippen molar-refractivity contribution in [2.24, 2.45) is 17.8 Å². The van der Waals surface area contributed by atoms with Gasteiger partial charge < -0.3 is 14.8 Å². The van der Waals surface area contributed by atoms with E-state index < -0.39 is 36.4 Å². The molecule has 1 aliphatic heterocycles. The van der Waals surface area contributed by atoms with Crippen LogP contribution in [0.4, 0.5) is 5.69 Å². The molecule has 0 aromatic heterocycles. The smallest absolute Gasteiger partial charge is 0.329 e. The lowest BCUT2D eigenvalue weighted by molar-refractivity contribution is -0.160. The molecular weight excluding hydrogens is 436 g/mol. The van der Waals surface area contributed by atoms with Gasteiger partial charge in [-0.3, -0.25) is 19.3 Å². The van der Waals surface area contributed by atoms with Crippen molar-refractivity contribution in [1.29, 1.82) is 0 Å². The summed E-state index contributed by atoms with van der Waals surface area (Å²) in [5.74, 6) is -2.40. The zero-order valence-electron chi connectivity index (χ0n) is 18.3. The summed E-state index contributed by atoms with van der Waals surface area (Å²) < 4.78 is 10.3. The molecule has 1 heterocycles. The molecule has 1 N–H and O–H groups in total. The summed E-state index contributed by atoms with van der Waals surface area (Å²) in [6.45, 7) is 3.22. The zero-order chi connectivity index (χ0) is 23.4. The van der Waals surface area contributed by atoms with Crippen LogP contribution in [0.25, 0.3) is 0 Å². The Morgan fingerprint density at radius 3 is 2.31 bits per heavy atom. The monoisotopic (exact) mass is 462 g/mol. The molecule has 32 heavy (non-hydrogen) atoms. The number of benzene rings is 1. The van der Waals surface area contributed by atoms with E-state index in [2.05, 4.69) is 5.32 Å². The first kappa shape index (κ1) is 23.8. The minimum atomic E-state index is -1.05. The van der Waals surface area contributed by atoms with Crippen LogP contribution in [0.1, 0.15) is 33.1 Å². The Labute approximate surface area is 191 Å². The number of methoxy groups -OCH3 is 1. The van der Waals surface area contributed by atoms with Crippen LogP contribution in [-0.4, -0.2) is 48.3 Å². The minimum Gasteiger partial charge on any atom is -0.495 e. The molecule has 1 aromatic rings. The van der Waals surface area contributed by atoms with Gasteiger partial charge in [0.25, 0.3) is 5.91 Å². The Morgan fingerprint density at radius 1 is 1.16 bits per heavy atom. The molecule has 0 bridgehead atoms. The molecule has 1 aromatic carbocycles. The van der Waals surface area contributed by atoms with E-state index in [1.54, 1.807) is 12.1 Å². The molecule has 1 saturated heterocycles. The van der Waals surface area contributed by atoms with Crippen molar-refractivity contribution in [2.45, 2.75) is 39.2 Å². The third kappa shape index (κ3) is 5.12. The van der Waals surface area contributed by atoms with Gasteiger partial charge in [0, 0.05) is 5.69 Å². The number of carbonyl (C=O) groups excluding carboxylic acids is 4. The van der Waals surface area contributed by atoms with E-state index in [1.165, 1.54) is 13.2 Å². The number of nitrogens with zero attached hydrogens (tertiary/aromatic N) is 1. The van der Waals surface area contributed by atoms with Crippen molar-refractivity contribution in [3.8, 4) is 5.75 Å². The van der Waals surface area contributed by atoms with Crippen LogP contribution >= 0.6 is 11.6 Å². The molecule has 0 spiro atoms. The van der Waals surface area contributed by atoms with E-state index >= 15 is 0 Å². The van der Waals surface area contributed by atoms with Crippen molar-refractivity contribution in [1.82, 2.24) is 4.90 Å². The van der Waals surface area contributed by atoms with Gasteiger partial charge in [0.1, 0.15) is 11.8 Å². The number of halogens is 1. The van der Waals surface area contributed by atoms with Crippen LogP contribution in [0.3, 0.4) is 0 Å². The number of ether oxygens (including phenoxy) is 2. The van der Waals surface area contributed by atoms with Gasteiger partial charge in [0.15, 0.2) is 6.61 Å². The maximum absolute atomic E-state index is 12.9. The number of amides is 3. The highest BCUT2D eigenvalue weighted by Crippen LogP contribution is 2.37. The number of carbonyl (C=O) groups is 4. The fraction of sp³-hybridized carbons (Fsp3) is 0.478. The molecular formula is C23H27ClN2O6. The fourth-order valence-corrected chi connectivity index (χ4v) is 4.32. The van der Waals surface area contributed by atoms with Gasteiger partial charge in [-0.05, 0) is 43.4 Å². The summed E-state index contributed by atoms with van der Waals surface area (Å²) in [7, 11) is 1.48. The maximum Gasteiger partial charge on any atom is 0.329 e.